The van der Waals surface area contributed by atoms with Crippen LogP contribution < -0.4 is 4.74 Å². The van der Waals surface area contributed by atoms with Crippen molar-refractivity contribution < 1.29 is 19.0 Å². The van der Waals surface area contributed by atoms with Crippen LogP contribution in [0.25, 0.3) is 6.08 Å². The molecule has 0 aliphatic rings. The third kappa shape index (κ3) is 3.97. The maximum atomic E-state index is 13.8. The maximum Gasteiger partial charge on any atom is 0.328 e. The number of carboxylic acid groups (broad SMARTS) is 1. The van der Waals surface area contributed by atoms with E-state index in [0.29, 0.717) is 10.0 Å². The lowest BCUT2D eigenvalue weighted by molar-refractivity contribution is -0.131. The van der Waals surface area contributed by atoms with Gasteiger partial charge in [0.2, 0.25) is 0 Å². The summed E-state index contributed by atoms with van der Waals surface area (Å²) in [5.41, 5.74) is 0.0101. The highest BCUT2D eigenvalue weighted by molar-refractivity contribution is 6.34. The largest absolute Gasteiger partial charge is 0.478 e. The SMILES string of the molecule is O=C(O)/C=C/c1c(F)cccc1Oc1cc(Cl)ccc1Cl. The molecule has 0 aliphatic carbocycles. The number of carboxylic acids is 1. The van der Waals surface area contributed by atoms with E-state index in [1.54, 1.807) is 12.1 Å². The van der Waals surface area contributed by atoms with E-state index in [-0.39, 0.29) is 17.1 Å². The molecule has 6 heteroatoms. The van der Waals surface area contributed by atoms with Crippen molar-refractivity contribution in [3.05, 3.63) is 63.9 Å². The molecule has 2 aromatic rings. The van der Waals surface area contributed by atoms with Gasteiger partial charge in [-0.2, -0.15) is 0 Å². The number of aliphatic carboxylic acids is 1. The summed E-state index contributed by atoms with van der Waals surface area (Å²) in [7, 11) is 0. The summed E-state index contributed by atoms with van der Waals surface area (Å²) >= 11 is 11.8. The van der Waals surface area contributed by atoms with Crippen molar-refractivity contribution in [1.82, 2.24) is 0 Å². The fraction of sp³-hybridized carbons (Fsp3) is 0. The molecular formula is C15H9Cl2FO3. The number of halogens is 3. The molecule has 0 bridgehead atoms. The van der Waals surface area contributed by atoms with Gasteiger partial charge in [-0.25, -0.2) is 9.18 Å². The number of ether oxygens (including phenoxy) is 1. The van der Waals surface area contributed by atoms with Crippen molar-refractivity contribution >= 4 is 35.2 Å². The van der Waals surface area contributed by atoms with E-state index >= 15 is 0 Å². The van der Waals surface area contributed by atoms with E-state index in [2.05, 4.69) is 0 Å². The normalized spacial score (nSPS) is 10.8. The van der Waals surface area contributed by atoms with Gasteiger partial charge in [0.1, 0.15) is 17.3 Å². The van der Waals surface area contributed by atoms with E-state index in [9.17, 15) is 9.18 Å². The van der Waals surface area contributed by atoms with Gasteiger partial charge in [-0.15, -0.1) is 0 Å². The lowest BCUT2D eigenvalue weighted by atomic mass is 10.1. The molecule has 0 radical (unpaired) electrons. The lowest BCUT2D eigenvalue weighted by Crippen LogP contribution is -1.93. The van der Waals surface area contributed by atoms with Crippen LogP contribution >= 0.6 is 23.2 Å². The summed E-state index contributed by atoms with van der Waals surface area (Å²) in [6, 6.07) is 8.77. The smallest absolute Gasteiger partial charge is 0.328 e. The molecule has 0 saturated heterocycles. The Morgan fingerprint density at radius 3 is 2.67 bits per heavy atom. The molecule has 108 valence electrons. The van der Waals surface area contributed by atoms with Gasteiger partial charge in [-0.3, -0.25) is 0 Å². The van der Waals surface area contributed by atoms with Gasteiger partial charge in [-0.05, 0) is 30.3 Å². The van der Waals surface area contributed by atoms with Crippen LogP contribution in [0.4, 0.5) is 4.39 Å². The van der Waals surface area contributed by atoms with Crippen LogP contribution in [0, 0.1) is 5.82 Å². The van der Waals surface area contributed by atoms with Crippen LogP contribution in [0.2, 0.25) is 10.0 Å². The van der Waals surface area contributed by atoms with Crippen molar-refractivity contribution in [2.45, 2.75) is 0 Å². The van der Waals surface area contributed by atoms with Crippen LogP contribution in [-0.2, 0) is 4.79 Å². The Balaban J connectivity index is 2.42. The molecule has 21 heavy (non-hydrogen) atoms. The first-order valence-electron chi connectivity index (χ1n) is 5.80. The van der Waals surface area contributed by atoms with Crippen LogP contribution in [0.3, 0.4) is 0 Å². The zero-order valence-electron chi connectivity index (χ0n) is 10.5. The molecule has 2 aromatic carbocycles. The van der Waals surface area contributed by atoms with Crippen molar-refractivity contribution in [3.8, 4) is 11.5 Å². The topological polar surface area (TPSA) is 46.5 Å². The number of rotatable bonds is 4. The van der Waals surface area contributed by atoms with Gasteiger partial charge in [0.15, 0.2) is 0 Å². The molecule has 2 rings (SSSR count). The van der Waals surface area contributed by atoms with Crippen LogP contribution in [0.5, 0.6) is 11.5 Å². The Labute approximate surface area is 130 Å². The average molecular weight is 327 g/mol. The molecule has 0 unspecified atom stereocenters. The van der Waals surface area contributed by atoms with Crippen LogP contribution in [0.1, 0.15) is 5.56 Å². The summed E-state index contributed by atoms with van der Waals surface area (Å²) in [6.45, 7) is 0. The second-order valence-electron chi connectivity index (χ2n) is 4.00. The molecule has 0 spiro atoms. The molecule has 3 nitrogen and oxygen atoms in total. The average Bonchev–Trinajstić information content (AvgIpc) is 2.42. The number of benzene rings is 2. The zero-order valence-corrected chi connectivity index (χ0v) is 12.0. The number of carbonyl (C=O) groups is 1. The van der Waals surface area contributed by atoms with Crippen LogP contribution in [0.15, 0.2) is 42.5 Å². The first-order chi connectivity index (χ1) is 9.97. The maximum absolute atomic E-state index is 13.8. The molecule has 0 saturated carbocycles. The second kappa shape index (κ2) is 6.61. The third-order valence-electron chi connectivity index (χ3n) is 2.52. The van der Waals surface area contributed by atoms with E-state index in [4.69, 9.17) is 33.0 Å². The predicted octanol–water partition coefficient (Wildman–Crippen LogP) is 5.02. The Kier molecular flexibility index (Phi) is 4.83. The highest BCUT2D eigenvalue weighted by Gasteiger charge is 2.11. The third-order valence-corrected chi connectivity index (χ3v) is 3.07. The summed E-state index contributed by atoms with van der Waals surface area (Å²) < 4.78 is 19.3. The first kappa shape index (κ1) is 15.4. The van der Waals surface area contributed by atoms with Gasteiger partial charge >= 0.3 is 5.97 Å². The first-order valence-corrected chi connectivity index (χ1v) is 6.55. The summed E-state index contributed by atoms with van der Waals surface area (Å²) in [5, 5.41) is 9.35. The summed E-state index contributed by atoms with van der Waals surface area (Å²) in [5.74, 6) is -1.41. The quantitative estimate of drug-likeness (QED) is 0.802. The Hall–Kier alpha value is -2.04. The Morgan fingerprint density at radius 1 is 1.19 bits per heavy atom. The minimum atomic E-state index is -1.19. The van der Waals surface area contributed by atoms with Crippen LogP contribution in [-0.4, -0.2) is 11.1 Å². The van der Waals surface area contributed by atoms with E-state index < -0.39 is 11.8 Å². The molecule has 0 aliphatic heterocycles. The molecule has 0 heterocycles. The molecule has 0 fully saturated rings. The highest BCUT2D eigenvalue weighted by Crippen LogP contribution is 2.34. The minimum Gasteiger partial charge on any atom is -0.478 e. The van der Waals surface area contributed by atoms with Gasteiger partial charge in [0.05, 0.1) is 10.6 Å². The molecular weight excluding hydrogens is 318 g/mol. The molecule has 0 atom stereocenters. The van der Waals surface area contributed by atoms with Crippen molar-refractivity contribution in [2.75, 3.05) is 0 Å². The second-order valence-corrected chi connectivity index (χ2v) is 4.84. The molecule has 0 aromatic heterocycles. The minimum absolute atomic E-state index is 0.0101. The standard InChI is InChI=1S/C15H9Cl2FO3/c16-9-4-6-11(17)14(8-9)21-13-3-1-2-12(18)10(13)5-7-15(19)20/h1-8H,(H,19,20)/b7-5+. The fourth-order valence-corrected chi connectivity index (χ4v) is 1.91. The van der Waals surface area contributed by atoms with Gasteiger partial charge in [0.25, 0.3) is 0 Å². The highest BCUT2D eigenvalue weighted by atomic mass is 35.5. The van der Waals surface area contributed by atoms with Crippen molar-refractivity contribution in [1.29, 1.82) is 0 Å². The van der Waals surface area contributed by atoms with E-state index in [0.717, 1.165) is 12.2 Å². The van der Waals surface area contributed by atoms with Crippen molar-refractivity contribution in [3.63, 3.8) is 0 Å². The Bertz CT molecular complexity index is 714. The number of hydrogen-bond acceptors (Lipinski definition) is 2. The zero-order chi connectivity index (χ0) is 15.4. The van der Waals surface area contributed by atoms with E-state index in [1.807, 2.05) is 0 Å². The lowest BCUT2D eigenvalue weighted by Gasteiger charge is -2.11. The summed E-state index contributed by atoms with van der Waals surface area (Å²) in [6.07, 6.45) is 1.94. The van der Waals surface area contributed by atoms with Gasteiger partial charge in [0, 0.05) is 17.2 Å². The Morgan fingerprint density at radius 2 is 1.95 bits per heavy atom. The fourth-order valence-electron chi connectivity index (χ4n) is 1.60. The predicted molar refractivity (Wildman–Crippen MR) is 79.6 cm³/mol. The summed E-state index contributed by atoms with van der Waals surface area (Å²) in [4.78, 5) is 10.6. The number of hydrogen-bond donors (Lipinski definition) is 1. The van der Waals surface area contributed by atoms with Gasteiger partial charge in [-0.1, -0.05) is 29.3 Å². The van der Waals surface area contributed by atoms with Crippen molar-refractivity contribution in [2.24, 2.45) is 0 Å². The van der Waals surface area contributed by atoms with E-state index in [1.165, 1.54) is 24.3 Å². The monoisotopic (exact) mass is 326 g/mol. The molecule has 1 N–H and O–H groups in total. The van der Waals surface area contributed by atoms with Gasteiger partial charge < -0.3 is 9.84 Å². The molecule has 0 amide bonds.